The molecule has 7 nitrogen and oxygen atoms in total. The smallest absolute Gasteiger partial charge is 0.255 e. The quantitative estimate of drug-likeness (QED) is 0.649. The number of piperidine rings is 1. The second-order valence-corrected chi connectivity index (χ2v) is 8.73. The Morgan fingerprint density at radius 2 is 1.72 bits per heavy atom. The van der Waals surface area contributed by atoms with Crippen molar-refractivity contribution >= 4 is 17.7 Å². The Kier molecular flexibility index (Phi) is 4.24. The summed E-state index contributed by atoms with van der Waals surface area (Å²) >= 11 is 0. The van der Waals surface area contributed by atoms with Crippen LogP contribution in [-0.4, -0.2) is 38.4 Å². The average Bonchev–Trinajstić information content (AvgIpc) is 3.47. The molecule has 1 atom stereocenters. The van der Waals surface area contributed by atoms with E-state index < -0.39 is 11.9 Å². The number of aromatic nitrogens is 2. The monoisotopic (exact) mass is 426 g/mol. The van der Waals surface area contributed by atoms with Crippen molar-refractivity contribution in [1.29, 1.82) is 0 Å². The maximum absolute atomic E-state index is 13.0. The van der Waals surface area contributed by atoms with Gasteiger partial charge in [-0.15, -0.1) is 0 Å². The topological polar surface area (TPSA) is 84.3 Å². The predicted octanol–water partition coefficient (Wildman–Crippen LogP) is 3.31. The van der Waals surface area contributed by atoms with Crippen LogP contribution in [0.1, 0.15) is 47.6 Å². The summed E-state index contributed by atoms with van der Waals surface area (Å²) < 4.78 is 2.12. The van der Waals surface area contributed by atoms with Gasteiger partial charge in [-0.25, -0.2) is 0 Å². The van der Waals surface area contributed by atoms with E-state index in [4.69, 9.17) is 5.10 Å². The third-order valence-electron chi connectivity index (χ3n) is 6.52. The first-order valence-corrected chi connectivity index (χ1v) is 11.0. The van der Waals surface area contributed by atoms with Crippen LogP contribution >= 0.6 is 0 Å². The number of imide groups is 1. The van der Waals surface area contributed by atoms with Crippen LogP contribution in [0, 0.1) is 0 Å². The Hall–Kier alpha value is -3.74. The van der Waals surface area contributed by atoms with E-state index in [1.807, 2.05) is 36.4 Å². The predicted molar refractivity (Wildman–Crippen MR) is 117 cm³/mol. The van der Waals surface area contributed by atoms with Gasteiger partial charge >= 0.3 is 0 Å². The van der Waals surface area contributed by atoms with Crippen LogP contribution in [0.2, 0.25) is 0 Å². The number of benzene rings is 2. The molecule has 160 valence electrons. The fraction of sp³-hybridized carbons (Fsp3) is 0.280. The minimum absolute atomic E-state index is 0.158. The number of nitrogens with zero attached hydrogens (tertiary/aromatic N) is 3. The number of carbonyl (C=O) groups excluding carboxylic acids is 3. The van der Waals surface area contributed by atoms with Crippen molar-refractivity contribution in [1.82, 2.24) is 20.0 Å². The Labute approximate surface area is 185 Å². The van der Waals surface area contributed by atoms with Gasteiger partial charge in [-0.1, -0.05) is 36.4 Å². The fourth-order valence-electron chi connectivity index (χ4n) is 4.69. The minimum atomic E-state index is -0.602. The maximum atomic E-state index is 13.0. The lowest BCUT2D eigenvalue weighted by molar-refractivity contribution is -0.136. The van der Waals surface area contributed by atoms with E-state index >= 15 is 0 Å². The molecule has 1 saturated heterocycles. The van der Waals surface area contributed by atoms with Gasteiger partial charge in [0.2, 0.25) is 11.8 Å². The van der Waals surface area contributed by atoms with Crippen molar-refractivity contribution in [2.75, 3.05) is 0 Å². The zero-order valence-electron chi connectivity index (χ0n) is 17.5. The second kappa shape index (κ2) is 7.15. The molecule has 1 aromatic heterocycles. The molecule has 1 saturated carbocycles. The normalized spacial score (nSPS) is 20.4. The lowest BCUT2D eigenvalue weighted by Gasteiger charge is -2.29. The van der Waals surface area contributed by atoms with Crippen LogP contribution in [0.4, 0.5) is 0 Å². The molecule has 2 aromatic carbocycles. The van der Waals surface area contributed by atoms with Crippen LogP contribution in [-0.2, 0) is 16.1 Å². The van der Waals surface area contributed by atoms with E-state index in [0.717, 1.165) is 40.9 Å². The van der Waals surface area contributed by atoms with Crippen molar-refractivity contribution in [3.8, 4) is 22.5 Å². The van der Waals surface area contributed by atoms with Crippen LogP contribution < -0.4 is 5.32 Å². The van der Waals surface area contributed by atoms with Gasteiger partial charge in [0, 0.05) is 24.1 Å². The van der Waals surface area contributed by atoms with Crippen LogP contribution in [0.5, 0.6) is 0 Å². The van der Waals surface area contributed by atoms with Crippen molar-refractivity contribution in [2.45, 2.75) is 44.3 Å². The van der Waals surface area contributed by atoms with Gasteiger partial charge in [-0.2, -0.15) is 5.10 Å². The molecule has 3 aromatic rings. The van der Waals surface area contributed by atoms with Gasteiger partial charge < -0.3 is 4.90 Å². The van der Waals surface area contributed by atoms with E-state index in [0.29, 0.717) is 24.6 Å². The van der Waals surface area contributed by atoms with Gasteiger partial charge in [0.25, 0.3) is 5.91 Å². The summed E-state index contributed by atoms with van der Waals surface area (Å²) in [5.41, 5.74) is 5.58. The van der Waals surface area contributed by atoms with Gasteiger partial charge in [-0.3, -0.25) is 24.4 Å². The van der Waals surface area contributed by atoms with Gasteiger partial charge in [0.15, 0.2) is 0 Å². The molecule has 2 fully saturated rings. The molecule has 7 heteroatoms. The number of nitrogens with one attached hydrogen (secondary N) is 1. The van der Waals surface area contributed by atoms with Crippen LogP contribution in [0.3, 0.4) is 0 Å². The summed E-state index contributed by atoms with van der Waals surface area (Å²) in [6, 6.07) is 18.0. The number of amides is 3. The molecule has 0 radical (unpaired) electrons. The van der Waals surface area contributed by atoms with Crippen molar-refractivity contribution < 1.29 is 14.4 Å². The Bertz CT molecular complexity index is 1260. The van der Waals surface area contributed by atoms with E-state index in [-0.39, 0.29) is 18.2 Å². The largest absolute Gasteiger partial charge is 0.322 e. The van der Waals surface area contributed by atoms with Crippen molar-refractivity contribution in [2.24, 2.45) is 0 Å². The molecular formula is C25H22N4O3. The number of hydrogen-bond acceptors (Lipinski definition) is 4. The van der Waals surface area contributed by atoms with E-state index in [1.54, 1.807) is 4.90 Å². The van der Waals surface area contributed by atoms with E-state index in [9.17, 15) is 14.4 Å². The zero-order chi connectivity index (χ0) is 21.8. The van der Waals surface area contributed by atoms with E-state index in [2.05, 4.69) is 28.2 Å². The molecule has 1 unspecified atom stereocenters. The Balaban J connectivity index is 1.32. The summed E-state index contributed by atoms with van der Waals surface area (Å²) in [6.07, 6.45) is 2.90. The van der Waals surface area contributed by atoms with Crippen LogP contribution in [0.15, 0.2) is 54.6 Å². The summed E-state index contributed by atoms with van der Waals surface area (Å²) in [5, 5.41) is 7.26. The molecule has 0 bridgehead atoms. The molecule has 3 heterocycles. The van der Waals surface area contributed by atoms with Gasteiger partial charge in [0.05, 0.1) is 17.4 Å². The Morgan fingerprint density at radius 1 is 0.906 bits per heavy atom. The summed E-state index contributed by atoms with van der Waals surface area (Å²) in [6.45, 7) is 0.364. The summed E-state index contributed by atoms with van der Waals surface area (Å²) in [5.74, 6) is -0.828. The number of fused-ring (bicyclic) bond motifs is 1. The van der Waals surface area contributed by atoms with Crippen LogP contribution in [0.25, 0.3) is 22.5 Å². The minimum Gasteiger partial charge on any atom is -0.322 e. The maximum Gasteiger partial charge on any atom is 0.255 e. The highest BCUT2D eigenvalue weighted by Crippen LogP contribution is 2.40. The first-order valence-electron chi connectivity index (χ1n) is 11.0. The number of rotatable bonds is 4. The number of carbonyl (C=O) groups is 3. The third kappa shape index (κ3) is 3.12. The first kappa shape index (κ1) is 19.0. The molecule has 1 aliphatic carbocycles. The molecule has 2 aliphatic heterocycles. The lowest BCUT2D eigenvalue weighted by atomic mass is 10.0. The molecule has 6 rings (SSSR count). The summed E-state index contributed by atoms with van der Waals surface area (Å²) in [7, 11) is 0. The van der Waals surface area contributed by atoms with Gasteiger partial charge in [0.1, 0.15) is 6.04 Å². The molecule has 1 N–H and O–H groups in total. The second-order valence-electron chi connectivity index (χ2n) is 8.73. The van der Waals surface area contributed by atoms with Crippen molar-refractivity contribution in [3.63, 3.8) is 0 Å². The average molecular weight is 426 g/mol. The molecule has 3 amide bonds. The molecule has 32 heavy (non-hydrogen) atoms. The fourth-order valence-corrected chi connectivity index (χ4v) is 4.69. The Morgan fingerprint density at radius 3 is 2.47 bits per heavy atom. The number of hydrogen-bond donors (Lipinski definition) is 1. The van der Waals surface area contributed by atoms with Crippen molar-refractivity contribution in [3.05, 3.63) is 65.7 Å². The van der Waals surface area contributed by atoms with Gasteiger partial charge in [-0.05, 0) is 48.6 Å². The highest BCUT2D eigenvalue weighted by Gasteiger charge is 2.39. The SMILES string of the molecule is O=C1CCC(N2Cc3cc(-c4cc(-c5ccccc5)n(C5CC5)n4)ccc3C2=O)C(=O)N1. The molecule has 0 spiro atoms. The standard InChI is InChI=1S/C25H22N4O3/c30-23-11-10-21(24(31)26-23)28-14-17-12-16(6-9-19(17)25(28)32)20-13-22(15-4-2-1-3-5-15)29(27-20)18-7-8-18/h1-6,9,12-13,18,21H,7-8,10-11,14H2,(H,26,30,31). The molecular weight excluding hydrogens is 404 g/mol. The zero-order valence-corrected chi connectivity index (χ0v) is 17.5. The highest BCUT2D eigenvalue weighted by molar-refractivity contribution is 6.05. The van der Waals surface area contributed by atoms with E-state index in [1.165, 1.54) is 0 Å². The lowest BCUT2D eigenvalue weighted by Crippen LogP contribution is -2.52. The first-order chi connectivity index (χ1) is 15.6. The third-order valence-corrected chi connectivity index (χ3v) is 6.52. The molecule has 3 aliphatic rings. The highest BCUT2D eigenvalue weighted by atomic mass is 16.2. The summed E-state index contributed by atoms with van der Waals surface area (Å²) in [4.78, 5) is 38.3.